The number of hydrogen-bond acceptors (Lipinski definition) is 3. The topological polar surface area (TPSA) is 47.3 Å². The van der Waals surface area contributed by atoms with Crippen molar-refractivity contribution < 1.29 is 4.79 Å². The first-order valence-corrected chi connectivity index (χ1v) is 7.73. The van der Waals surface area contributed by atoms with Gasteiger partial charge in [-0.25, -0.2) is 0 Å². The van der Waals surface area contributed by atoms with E-state index in [9.17, 15) is 4.79 Å². The summed E-state index contributed by atoms with van der Waals surface area (Å²) >= 11 is 6.21. The van der Waals surface area contributed by atoms with Crippen molar-refractivity contribution in [2.75, 3.05) is 31.1 Å². The minimum Gasteiger partial charge on any atom is -0.367 e. The van der Waals surface area contributed by atoms with Crippen molar-refractivity contribution in [2.45, 2.75) is 19.8 Å². The fraction of sp³-hybridized carbons (Fsp3) is 0.500. The Labute approximate surface area is 130 Å². The molecule has 4 nitrogen and oxygen atoms in total. The molecule has 112 valence electrons. The number of hydrogen-bond donors (Lipinski definition) is 0. The van der Waals surface area contributed by atoms with E-state index < -0.39 is 5.92 Å². The summed E-state index contributed by atoms with van der Waals surface area (Å²) in [6.45, 7) is 4.78. The number of amides is 1. The fourth-order valence-electron chi connectivity index (χ4n) is 2.63. The maximum atomic E-state index is 12.3. The van der Waals surface area contributed by atoms with Crippen LogP contribution in [0.3, 0.4) is 0 Å². The van der Waals surface area contributed by atoms with Crippen molar-refractivity contribution in [1.82, 2.24) is 4.90 Å². The van der Waals surface area contributed by atoms with E-state index in [1.165, 1.54) is 0 Å². The lowest BCUT2D eigenvalue weighted by Gasteiger charge is -2.37. The van der Waals surface area contributed by atoms with Gasteiger partial charge in [0.05, 0.1) is 16.8 Å². The Morgan fingerprint density at radius 3 is 2.57 bits per heavy atom. The first-order chi connectivity index (χ1) is 10.2. The zero-order chi connectivity index (χ0) is 15.2. The molecule has 0 aliphatic carbocycles. The van der Waals surface area contributed by atoms with Gasteiger partial charge < -0.3 is 9.80 Å². The Morgan fingerprint density at radius 1 is 1.33 bits per heavy atom. The molecule has 1 heterocycles. The van der Waals surface area contributed by atoms with Crippen LogP contribution in [0.2, 0.25) is 5.02 Å². The minimum atomic E-state index is -0.498. The standard InChI is InChI=1S/C16H20ClN3O/c1-2-5-13(12-18)16(21)20-10-8-19(9-11-20)15-7-4-3-6-14(15)17/h3-4,6-7,13H,2,5,8-11H2,1H3. The molecule has 1 atom stereocenters. The number of benzene rings is 1. The fourth-order valence-corrected chi connectivity index (χ4v) is 2.88. The first kappa shape index (κ1) is 15.7. The normalized spacial score (nSPS) is 16.4. The maximum Gasteiger partial charge on any atom is 0.240 e. The van der Waals surface area contributed by atoms with Crippen molar-refractivity contribution in [3.63, 3.8) is 0 Å². The third-order valence-corrected chi connectivity index (χ3v) is 4.14. The highest BCUT2D eigenvalue weighted by molar-refractivity contribution is 6.33. The highest BCUT2D eigenvalue weighted by Gasteiger charge is 2.27. The van der Waals surface area contributed by atoms with Crippen molar-refractivity contribution in [3.05, 3.63) is 29.3 Å². The van der Waals surface area contributed by atoms with Crippen molar-refractivity contribution >= 4 is 23.2 Å². The van der Waals surface area contributed by atoms with Crippen LogP contribution >= 0.6 is 11.6 Å². The van der Waals surface area contributed by atoms with Gasteiger partial charge in [-0.05, 0) is 18.6 Å². The van der Waals surface area contributed by atoms with Crippen LogP contribution < -0.4 is 4.90 Å². The molecule has 0 N–H and O–H groups in total. The third-order valence-electron chi connectivity index (χ3n) is 3.82. The van der Waals surface area contributed by atoms with Crippen LogP contribution in [0.25, 0.3) is 0 Å². The van der Waals surface area contributed by atoms with Crippen molar-refractivity contribution in [1.29, 1.82) is 5.26 Å². The molecule has 0 aromatic heterocycles. The number of nitriles is 1. The lowest BCUT2D eigenvalue weighted by atomic mass is 10.0. The van der Waals surface area contributed by atoms with Crippen molar-refractivity contribution in [2.24, 2.45) is 5.92 Å². The molecule has 1 unspecified atom stereocenters. The molecule has 0 bridgehead atoms. The van der Waals surface area contributed by atoms with Crippen LogP contribution in [0.4, 0.5) is 5.69 Å². The molecule has 0 saturated carbocycles. The monoisotopic (exact) mass is 305 g/mol. The van der Waals surface area contributed by atoms with Gasteiger partial charge in [-0.15, -0.1) is 0 Å². The highest BCUT2D eigenvalue weighted by atomic mass is 35.5. The molecule has 1 aliphatic heterocycles. The Morgan fingerprint density at radius 2 is 2.00 bits per heavy atom. The van der Waals surface area contributed by atoms with Gasteiger partial charge >= 0.3 is 0 Å². The Hall–Kier alpha value is -1.73. The average Bonchev–Trinajstić information content (AvgIpc) is 2.52. The van der Waals surface area contributed by atoms with Gasteiger partial charge in [0.1, 0.15) is 5.92 Å². The lowest BCUT2D eigenvalue weighted by Crippen LogP contribution is -2.50. The maximum absolute atomic E-state index is 12.3. The zero-order valence-corrected chi connectivity index (χ0v) is 13.0. The van der Waals surface area contributed by atoms with Crippen LogP contribution in [0.15, 0.2) is 24.3 Å². The molecular formula is C16H20ClN3O. The number of para-hydroxylation sites is 1. The van der Waals surface area contributed by atoms with Gasteiger partial charge in [-0.2, -0.15) is 5.26 Å². The smallest absolute Gasteiger partial charge is 0.240 e. The van der Waals surface area contributed by atoms with E-state index in [0.717, 1.165) is 30.2 Å². The molecule has 1 aromatic carbocycles. The number of piperazine rings is 1. The molecule has 5 heteroatoms. The first-order valence-electron chi connectivity index (χ1n) is 7.35. The SMILES string of the molecule is CCCC(C#N)C(=O)N1CCN(c2ccccc2Cl)CC1. The van der Waals surface area contributed by atoms with Crippen LogP contribution in [0, 0.1) is 17.2 Å². The lowest BCUT2D eigenvalue weighted by molar-refractivity contribution is -0.134. The van der Waals surface area contributed by atoms with E-state index in [2.05, 4.69) is 11.0 Å². The molecule has 1 aliphatic rings. The van der Waals surface area contributed by atoms with Crippen molar-refractivity contribution in [3.8, 4) is 6.07 Å². The number of carbonyl (C=O) groups is 1. The Kier molecular flexibility index (Phi) is 5.46. The minimum absolute atomic E-state index is 0.0295. The summed E-state index contributed by atoms with van der Waals surface area (Å²) in [5.41, 5.74) is 1.01. The summed E-state index contributed by atoms with van der Waals surface area (Å²) in [5.74, 6) is -0.528. The van der Waals surface area contributed by atoms with Gasteiger partial charge in [-0.1, -0.05) is 37.1 Å². The van der Waals surface area contributed by atoms with Gasteiger partial charge in [0, 0.05) is 26.2 Å². The highest BCUT2D eigenvalue weighted by Crippen LogP contribution is 2.26. The molecule has 1 amide bonds. The summed E-state index contributed by atoms with van der Waals surface area (Å²) in [7, 11) is 0. The molecule has 1 aromatic rings. The van der Waals surface area contributed by atoms with Crippen LogP contribution in [0.5, 0.6) is 0 Å². The van der Waals surface area contributed by atoms with Gasteiger partial charge in [-0.3, -0.25) is 4.79 Å². The molecule has 21 heavy (non-hydrogen) atoms. The number of halogens is 1. The summed E-state index contributed by atoms with van der Waals surface area (Å²) < 4.78 is 0. The summed E-state index contributed by atoms with van der Waals surface area (Å²) in [6, 6.07) is 9.87. The molecule has 1 saturated heterocycles. The number of nitrogens with zero attached hydrogens (tertiary/aromatic N) is 3. The summed E-state index contributed by atoms with van der Waals surface area (Å²) in [6.07, 6.45) is 1.49. The summed E-state index contributed by atoms with van der Waals surface area (Å²) in [5, 5.41) is 9.83. The molecular weight excluding hydrogens is 286 g/mol. The predicted molar refractivity (Wildman–Crippen MR) is 84.3 cm³/mol. The number of anilines is 1. The van der Waals surface area contributed by atoms with E-state index >= 15 is 0 Å². The van der Waals surface area contributed by atoms with Crippen LogP contribution in [-0.2, 0) is 4.79 Å². The molecule has 0 spiro atoms. The van der Waals surface area contributed by atoms with E-state index in [4.69, 9.17) is 16.9 Å². The second kappa shape index (κ2) is 7.33. The Balaban J connectivity index is 1.96. The zero-order valence-electron chi connectivity index (χ0n) is 12.3. The molecule has 2 rings (SSSR count). The summed E-state index contributed by atoms with van der Waals surface area (Å²) in [4.78, 5) is 16.3. The third kappa shape index (κ3) is 3.68. The average molecular weight is 306 g/mol. The van der Waals surface area contributed by atoms with Gasteiger partial charge in [0.15, 0.2) is 0 Å². The van der Waals surface area contributed by atoms with E-state index in [1.807, 2.05) is 31.2 Å². The largest absolute Gasteiger partial charge is 0.367 e. The second-order valence-electron chi connectivity index (χ2n) is 5.23. The number of carbonyl (C=O) groups excluding carboxylic acids is 1. The van der Waals surface area contributed by atoms with E-state index in [1.54, 1.807) is 4.90 Å². The number of rotatable bonds is 4. The van der Waals surface area contributed by atoms with E-state index in [-0.39, 0.29) is 5.91 Å². The quantitative estimate of drug-likeness (QED) is 0.859. The van der Waals surface area contributed by atoms with E-state index in [0.29, 0.717) is 19.5 Å². The molecule has 1 fully saturated rings. The molecule has 0 radical (unpaired) electrons. The van der Waals surface area contributed by atoms with Crippen LogP contribution in [0.1, 0.15) is 19.8 Å². The van der Waals surface area contributed by atoms with Crippen LogP contribution in [-0.4, -0.2) is 37.0 Å². The predicted octanol–water partition coefficient (Wildman–Crippen LogP) is 2.93. The second-order valence-corrected chi connectivity index (χ2v) is 5.64. The van der Waals surface area contributed by atoms with Gasteiger partial charge in [0.2, 0.25) is 5.91 Å². The Bertz CT molecular complexity index is 533. The van der Waals surface area contributed by atoms with Gasteiger partial charge in [0.25, 0.3) is 0 Å².